The zero-order chi connectivity index (χ0) is 33.8. The number of primary amides is 1. The van der Waals surface area contributed by atoms with Crippen molar-refractivity contribution in [2.45, 2.75) is 52.2 Å². The molecule has 9 nitrogen and oxygen atoms in total. The van der Waals surface area contributed by atoms with Crippen molar-refractivity contribution in [2.75, 3.05) is 6.54 Å². The number of aliphatic hydroxyl groups excluding tert-OH is 2. The van der Waals surface area contributed by atoms with Crippen LogP contribution in [0.4, 0.5) is 0 Å². The number of rotatable bonds is 8. The summed E-state index contributed by atoms with van der Waals surface area (Å²) in [7, 11) is 0. The Labute approximate surface area is 273 Å². The lowest BCUT2D eigenvalue weighted by atomic mass is 9.54. The highest BCUT2D eigenvalue weighted by atomic mass is 16.3. The summed E-state index contributed by atoms with van der Waals surface area (Å²) in [5, 5.41) is 48.8. The Hall–Kier alpha value is -4.73. The van der Waals surface area contributed by atoms with Crippen LogP contribution in [0.1, 0.15) is 48.1 Å². The molecule has 3 aliphatic rings. The van der Waals surface area contributed by atoms with Gasteiger partial charge in [0.05, 0.1) is 5.56 Å². The van der Waals surface area contributed by atoms with Crippen LogP contribution in [-0.4, -0.2) is 50.0 Å². The van der Waals surface area contributed by atoms with E-state index in [4.69, 9.17) is 5.73 Å². The number of fused-ring (bicyclic) bond motifs is 3. The third kappa shape index (κ3) is 5.33. The molecule has 0 saturated heterocycles. The molecule has 4 atom stereocenters. The molecule has 3 aromatic rings. The van der Waals surface area contributed by atoms with Crippen LogP contribution in [0, 0.1) is 30.6 Å². The van der Waals surface area contributed by atoms with Gasteiger partial charge in [-0.15, -0.1) is 0 Å². The predicted molar refractivity (Wildman–Crippen MR) is 177 cm³/mol. The van der Waals surface area contributed by atoms with E-state index in [-0.39, 0.29) is 35.6 Å². The van der Waals surface area contributed by atoms with E-state index in [1.807, 2.05) is 24.3 Å². The van der Waals surface area contributed by atoms with Gasteiger partial charge in [-0.25, -0.2) is 0 Å². The van der Waals surface area contributed by atoms with Crippen molar-refractivity contribution >= 4 is 23.2 Å². The molecule has 244 valence electrons. The maximum atomic E-state index is 14.1. The fourth-order valence-electron chi connectivity index (χ4n) is 7.78. The predicted octanol–water partition coefficient (Wildman–Crippen LogP) is 4.61. The van der Waals surface area contributed by atoms with Gasteiger partial charge in [0.1, 0.15) is 22.8 Å². The average Bonchev–Trinajstić information content (AvgIpc) is 3.02. The second-order valence-electron chi connectivity index (χ2n) is 13.4. The minimum Gasteiger partial charge on any atom is -0.508 e. The van der Waals surface area contributed by atoms with Gasteiger partial charge in [0.15, 0.2) is 11.4 Å². The Morgan fingerprint density at radius 1 is 0.979 bits per heavy atom. The molecule has 0 unspecified atom stereocenters. The zero-order valence-corrected chi connectivity index (χ0v) is 26.7. The van der Waals surface area contributed by atoms with Crippen molar-refractivity contribution in [2.24, 2.45) is 29.4 Å². The number of aromatic hydroxyl groups is 1. The lowest BCUT2D eigenvalue weighted by molar-refractivity contribution is -0.155. The van der Waals surface area contributed by atoms with Crippen LogP contribution < -0.4 is 11.1 Å². The van der Waals surface area contributed by atoms with Crippen LogP contribution in [0.5, 0.6) is 5.75 Å². The summed E-state index contributed by atoms with van der Waals surface area (Å²) in [6, 6.07) is 19.7. The first-order valence-electron chi connectivity index (χ1n) is 16.0. The van der Waals surface area contributed by atoms with E-state index in [0.29, 0.717) is 12.1 Å². The third-order valence-electron chi connectivity index (χ3n) is 10.2. The molecule has 1 saturated carbocycles. The molecule has 6 rings (SSSR count). The van der Waals surface area contributed by atoms with Crippen LogP contribution in [0.25, 0.3) is 16.9 Å². The first-order chi connectivity index (χ1) is 22.3. The second-order valence-corrected chi connectivity index (χ2v) is 13.4. The van der Waals surface area contributed by atoms with E-state index in [0.717, 1.165) is 29.7 Å². The summed E-state index contributed by atoms with van der Waals surface area (Å²) in [6.07, 6.45) is 1.24. The van der Waals surface area contributed by atoms with Gasteiger partial charge in [-0.3, -0.25) is 14.4 Å². The molecule has 0 bridgehead atoms. The SMILES string of the molecule is Cc1ccc(CCNCc2ccc(-c3ccc(O)c4c3C[C@H]3C[C@H]5[C@H](C(C)C)C(=O)C(C(N)=O)=C(O)[C@@]5(O)C(=O)C3=C4O)cc2)cc1. The highest BCUT2D eigenvalue weighted by Crippen LogP contribution is 2.55. The summed E-state index contributed by atoms with van der Waals surface area (Å²) in [5.74, 6) is -7.76. The third-order valence-corrected chi connectivity index (χ3v) is 10.2. The number of hydrogen-bond donors (Lipinski definition) is 6. The van der Waals surface area contributed by atoms with E-state index in [2.05, 4.69) is 36.5 Å². The van der Waals surface area contributed by atoms with Crippen LogP contribution in [0.15, 0.2) is 77.6 Å². The monoisotopic (exact) mass is 636 g/mol. The summed E-state index contributed by atoms with van der Waals surface area (Å²) in [5.41, 5.74) is 7.81. The zero-order valence-electron chi connectivity index (χ0n) is 26.7. The van der Waals surface area contributed by atoms with Crippen molar-refractivity contribution < 1.29 is 34.8 Å². The van der Waals surface area contributed by atoms with E-state index in [1.165, 1.54) is 17.2 Å². The number of aryl methyl sites for hydroxylation is 1. The number of benzene rings is 3. The van der Waals surface area contributed by atoms with E-state index >= 15 is 0 Å². The van der Waals surface area contributed by atoms with Crippen molar-refractivity contribution in [3.8, 4) is 16.9 Å². The number of Topliss-reactive ketones (excluding diaryl/α,β-unsaturated/α-hetero) is 2. The second kappa shape index (κ2) is 12.1. The highest BCUT2D eigenvalue weighted by Gasteiger charge is 2.64. The minimum atomic E-state index is -2.62. The van der Waals surface area contributed by atoms with Crippen LogP contribution in [0.3, 0.4) is 0 Å². The van der Waals surface area contributed by atoms with Crippen molar-refractivity contribution in [3.63, 3.8) is 0 Å². The summed E-state index contributed by atoms with van der Waals surface area (Å²) in [6.45, 7) is 7.08. The molecular formula is C38H40N2O7. The summed E-state index contributed by atoms with van der Waals surface area (Å²) >= 11 is 0. The maximum absolute atomic E-state index is 14.1. The summed E-state index contributed by atoms with van der Waals surface area (Å²) in [4.78, 5) is 39.7. The molecule has 0 aliphatic heterocycles. The van der Waals surface area contributed by atoms with Gasteiger partial charge in [-0.2, -0.15) is 0 Å². The molecule has 7 N–H and O–H groups in total. The minimum absolute atomic E-state index is 0.0774. The van der Waals surface area contributed by atoms with Gasteiger partial charge >= 0.3 is 0 Å². The van der Waals surface area contributed by atoms with E-state index in [1.54, 1.807) is 19.9 Å². The smallest absolute Gasteiger partial charge is 0.255 e. The topological polar surface area (TPSA) is 170 Å². The van der Waals surface area contributed by atoms with Crippen molar-refractivity contribution in [1.82, 2.24) is 5.32 Å². The molecule has 1 fully saturated rings. The van der Waals surface area contributed by atoms with Gasteiger partial charge in [-0.05, 0) is 78.5 Å². The number of nitrogens with one attached hydrogen (secondary N) is 1. The van der Waals surface area contributed by atoms with Crippen LogP contribution in [0.2, 0.25) is 0 Å². The van der Waals surface area contributed by atoms with E-state index in [9.17, 15) is 34.8 Å². The quantitative estimate of drug-likeness (QED) is 0.154. The van der Waals surface area contributed by atoms with E-state index < -0.39 is 57.9 Å². The number of ketones is 2. The van der Waals surface area contributed by atoms with Gasteiger partial charge in [0, 0.05) is 24.0 Å². The fraction of sp³-hybridized carbons (Fsp3) is 0.342. The van der Waals surface area contributed by atoms with Gasteiger partial charge in [0.25, 0.3) is 5.91 Å². The number of amides is 1. The molecule has 0 radical (unpaired) electrons. The van der Waals surface area contributed by atoms with Crippen LogP contribution >= 0.6 is 0 Å². The Balaban J connectivity index is 1.31. The van der Waals surface area contributed by atoms with Crippen molar-refractivity contribution in [3.05, 3.63) is 105 Å². The molecule has 0 heterocycles. The van der Waals surface area contributed by atoms with Crippen molar-refractivity contribution in [1.29, 1.82) is 0 Å². The Bertz CT molecular complexity index is 1840. The molecule has 0 aromatic heterocycles. The van der Waals surface area contributed by atoms with Crippen LogP contribution in [-0.2, 0) is 33.8 Å². The normalized spacial score (nSPS) is 23.9. The fourth-order valence-corrected chi connectivity index (χ4v) is 7.78. The molecule has 0 spiro atoms. The number of hydrogen-bond acceptors (Lipinski definition) is 8. The molecule has 47 heavy (non-hydrogen) atoms. The number of carbonyl (C=O) groups is 3. The van der Waals surface area contributed by atoms with Gasteiger partial charge in [0.2, 0.25) is 5.78 Å². The summed E-state index contributed by atoms with van der Waals surface area (Å²) < 4.78 is 0. The molecule has 1 amide bonds. The average molecular weight is 637 g/mol. The number of phenols is 1. The Morgan fingerprint density at radius 3 is 2.28 bits per heavy atom. The lowest BCUT2D eigenvalue weighted by Crippen LogP contribution is -2.62. The van der Waals surface area contributed by atoms with Gasteiger partial charge < -0.3 is 31.5 Å². The Morgan fingerprint density at radius 2 is 1.64 bits per heavy atom. The van der Waals surface area contributed by atoms with Gasteiger partial charge in [-0.1, -0.05) is 74.0 Å². The molecular weight excluding hydrogens is 596 g/mol. The highest BCUT2D eigenvalue weighted by molar-refractivity contribution is 6.23. The lowest BCUT2D eigenvalue weighted by Gasteiger charge is -2.50. The molecule has 3 aliphatic carbocycles. The maximum Gasteiger partial charge on any atom is 0.255 e. The first kappa shape index (κ1) is 32.2. The number of aliphatic hydroxyl groups is 3. The molecule has 9 heteroatoms. The number of nitrogens with two attached hydrogens (primary N) is 1. The standard InChI is InChI=1S/C38H40N2O7/c1-19(2)29-27-17-24-16-26-25(23-10-8-22(9-11-23)18-40-15-14-21-6-4-20(3)5-7-21)12-13-28(41)31(26)34(43)30(24)35(44)38(27,47)36(45)32(33(29)42)37(39)46/h4-13,19,24,27,29,40-41,43,45,47H,14-18H2,1-3H3,(H2,39,46)/t24-,27-,29-,38-/m0/s1. The number of carbonyl (C=O) groups excluding carboxylic acids is 3. The largest absolute Gasteiger partial charge is 0.508 e. The Kier molecular flexibility index (Phi) is 8.32. The first-order valence-corrected chi connectivity index (χ1v) is 16.0. The number of phenolic OH excluding ortho intramolecular Hbond substituents is 1. The molecule has 3 aromatic carbocycles.